The molecule has 1 aromatic heterocycles. The molecule has 0 aliphatic carbocycles. The first kappa shape index (κ1) is 17.2. The molecule has 2 fully saturated rings. The number of anilines is 1. The van der Waals surface area contributed by atoms with Crippen LogP contribution in [0, 0.1) is 11.8 Å². The third kappa shape index (κ3) is 3.02. The van der Waals surface area contributed by atoms with Crippen molar-refractivity contribution in [1.29, 1.82) is 0 Å². The Morgan fingerprint density at radius 1 is 0.929 bits per heavy atom. The van der Waals surface area contributed by atoms with Crippen LogP contribution in [0.4, 0.5) is 10.5 Å². The lowest BCUT2D eigenvalue weighted by molar-refractivity contribution is 0.100. The molecule has 2 atom stereocenters. The van der Waals surface area contributed by atoms with Gasteiger partial charge in [0.25, 0.3) is 5.91 Å². The second kappa shape index (κ2) is 6.92. The van der Waals surface area contributed by atoms with Crippen molar-refractivity contribution >= 4 is 17.6 Å². The van der Waals surface area contributed by atoms with Gasteiger partial charge in [-0.05, 0) is 36.8 Å². The van der Waals surface area contributed by atoms with Crippen LogP contribution in [0.3, 0.4) is 0 Å². The Balaban J connectivity index is 1.29. The average Bonchev–Trinajstić information content (AvgIpc) is 3.45. The fourth-order valence-corrected chi connectivity index (χ4v) is 4.67. The Morgan fingerprint density at radius 3 is 2.46 bits per heavy atom. The number of benzene rings is 1. The number of hydrogen-bond donors (Lipinski definition) is 1. The number of fused-ring (bicyclic) bond motifs is 2. The molecule has 5 rings (SSSR count). The number of likely N-dealkylation sites (tertiary alicyclic amines) is 2. The summed E-state index contributed by atoms with van der Waals surface area (Å²) in [5.74, 6) is 1.69. The molecule has 1 N–H and O–H groups in total. The summed E-state index contributed by atoms with van der Waals surface area (Å²) in [5, 5.41) is 11.3. The second-order valence-corrected chi connectivity index (χ2v) is 7.98. The molecular weight excluding hydrogens is 356 g/mol. The van der Waals surface area contributed by atoms with Crippen molar-refractivity contribution in [3.63, 3.8) is 0 Å². The van der Waals surface area contributed by atoms with E-state index in [9.17, 15) is 9.59 Å². The number of amides is 3. The van der Waals surface area contributed by atoms with Gasteiger partial charge in [0, 0.05) is 44.8 Å². The molecule has 2 aromatic rings. The van der Waals surface area contributed by atoms with E-state index in [1.54, 1.807) is 0 Å². The van der Waals surface area contributed by atoms with E-state index in [2.05, 4.69) is 15.5 Å². The van der Waals surface area contributed by atoms with Gasteiger partial charge < -0.3 is 19.7 Å². The topological polar surface area (TPSA) is 83.4 Å². The number of nitrogens with zero attached hydrogens (tertiary/aromatic N) is 5. The summed E-state index contributed by atoms with van der Waals surface area (Å²) in [5.41, 5.74) is 0.738. The maximum absolute atomic E-state index is 12.7. The molecule has 28 heavy (non-hydrogen) atoms. The number of carbonyl (C=O) groups excluding carboxylic acids is 2. The lowest BCUT2D eigenvalue weighted by Crippen LogP contribution is -2.40. The highest BCUT2D eigenvalue weighted by Gasteiger charge is 2.41. The SMILES string of the molecule is O=C(Nc1ccccc1)c1nnc2n1C[C@H]1CN(C(=O)N3CCCC3)C[C@H]1C2. The van der Waals surface area contributed by atoms with E-state index in [-0.39, 0.29) is 11.9 Å². The molecule has 8 heteroatoms. The fourth-order valence-electron chi connectivity index (χ4n) is 4.67. The maximum atomic E-state index is 12.7. The molecule has 4 heterocycles. The van der Waals surface area contributed by atoms with Crippen LogP contribution in [-0.4, -0.2) is 62.7 Å². The number of nitrogens with one attached hydrogen (secondary N) is 1. The van der Waals surface area contributed by atoms with Crippen LogP contribution in [-0.2, 0) is 13.0 Å². The monoisotopic (exact) mass is 380 g/mol. The highest BCUT2D eigenvalue weighted by molar-refractivity contribution is 6.01. The van der Waals surface area contributed by atoms with Gasteiger partial charge in [-0.3, -0.25) is 4.79 Å². The van der Waals surface area contributed by atoms with Crippen LogP contribution in [0.5, 0.6) is 0 Å². The maximum Gasteiger partial charge on any atom is 0.320 e. The van der Waals surface area contributed by atoms with Crippen molar-refractivity contribution in [2.24, 2.45) is 11.8 Å². The molecule has 2 saturated heterocycles. The summed E-state index contributed by atoms with van der Waals surface area (Å²) in [6.45, 7) is 3.96. The highest BCUT2D eigenvalue weighted by atomic mass is 16.2. The second-order valence-electron chi connectivity index (χ2n) is 7.98. The van der Waals surface area contributed by atoms with Crippen molar-refractivity contribution in [3.05, 3.63) is 42.0 Å². The van der Waals surface area contributed by atoms with Crippen molar-refractivity contribution < 1.29 is 9.59 Å². The van der Waals surface area contributed by atoms with Gasteiger partial charge in [-0.25, -0.2) is 4.79 Å². The van der Waals surface area contributed by atoms with Gasteiger partial charge in [-0.2, -0.15) is 0 Å². The van der Waals surface area contributed by atoms with E-state index in [1.807, 2.05) is 44.7 Å². The Hall–Kier alpha value is -2.90. The highest BCUT2D eigenvalue weighted by Crippen LogP contribution is 2.33. The molecule has 0 bridgehead atoms. The Kier molecular flexibility index (Phi) is 4.26. The normalized spacial score (nSPS) is 23.4. The number of aromatic nitrogens is 3. The molecule has 146 valence electrons. The van der Waals surface area contributed by atoms with Crippen molar-refractivity contribution in [2.75, 3.05) is 31.5 Å². The van der Waals surface area contributed by atoms with E-state index in [4.69, 9.17) is 0 Å². The number of hydrogen-bond acceptors (Lipinski definition) is 4. The molecule has 0 saturated carbocycles. The third-order valence-corrected chi connectivity index (χ3v) is 6.15. The minimum atomic E-state index is -0.244. The minimum Gasteiger partial charge on any atom is -0.325 e. The predicted octanol–water partition coefficient (Wildman–Crippen LogP) is 1.85. The first-order valence-corrected chi connectivity index (χ1v) is 10.0. The van der Waals surface area contributed by atoms with Gasteiger partial charge in [0.15, 0.2) is 0 Å². The number of urea groups is 1. The summed E-state index contributed by atoms with van der Waals surface area (Å²) >= 11 is 0. The first-order valence-electron chi connectivity index (χ1n) is 10.0. The molecule has 3 amide bonds. The molecule has 0 spiro atoms. The average molecular weight is 380 g/mol. The van der Waals surface area contributed by atoms with Crippen LogP contribution in [0.15, 0.2) is 30.3 Å². The summed E-state index contributed by atoms with van der Waals surface area (Å²) in [6, 6.07) is 9.53. The molecule has 8 nitrogen and oxygen atoms in total. The van der Waals surface area contributed by atoms with Crippen LogP contribution < -0.4 is 5.32 Å². The van der Waals surface area contributed by atoms with Gasteiger partial charge in [0.05, 0.1) is 0 Å². The quantitative estimate of drug-likeness (QED) is 0.862. The van der Waals surface area contributed by atoms with Crippen molar-refractivity contribution in [1.82, 2.24) is 24.6 Å². The molecule has 0 unspecified atom stereocenters. The zero-order valence-electron chi connectivity index (χ0n) is 15.8. The smallest absolute Gasteiger partial charge is 0.320 e. The van der Waals surface area contributed by atoms with E-state index in [0.717, 1.165) is 57.0 Å². The predicted molar refractivity (Wildman–Crippen MR) is 103 cm³/mol. The van der Waals surface area contributed by atoms with Gasteiger partial charge in [-0.15, -0.1) is 10.2 Å². The van der Waals surface area contributed by atoms with Crippen LogP contribution in [0.1, 0.15) is 29.3 Å². The number of para-hydroxylation sites is 1. The molecule has 3 aliphatic heterocycles. The fraction of sp³-hybridized carbons (Fsp3) is 0.500. The third-order valence-electron chi connectivity index (χ3n) is 6.15. The van der Waals surface area contributed by atoms with E-state index >= 15 is 0 Å². The first-order chi connectivity index (χ1) is 13.7. The molecule has 1 aromatic carbocycles. The minimum absolute atomic E-state index is 0.171. The number of carbonyl (C=O) groups is 2. The lowest BCUT2D eigenvalue weighted by Gasteiger charge is -2.25. The largest absolute Gasteiger partial charge is 0.325 e. The summed E-state index contributed by atoms with van der Waals surface area (Å²) in [4.78, 5) is 29.4. The zero-order chi connectivity index (χ0) is 19.1. The Morgan fingerprint density at radius 2 is 1.68 bits per heavy atom. The molecule has 0 radical (unpaired) electrons. The Bertz CT molecular complexity index is 889. The number of rotatable bonds is 2. The van der Waals surface area contributed by atoms with Gasteiger partial charge >= 0.3 is 6.03 Å². The van der Waals surface area contributed by atoms with Crippen molar-refractivity contribution in [2.45, 2.75) is 25.8 Å². The Labute approximate surface area is 163 Å². The van der Waals surface area contributed by atoms with E-state index in [0.29, 0.717) is 24.2 Å². The standard InChI is InChI=1S/C20H24N6O2/c27-19(21-16-6-2-1-3-7-16)18-23-22-17-10-14-11-25(12-15(14)13-26(17)18)20(28)24-8-4-5-9-24/h1-3,6-7,14-15H,4-5,8-13H2,(H,21,27)/t14-,15-/m1/s1. The summed E-state index contributed by atoms with van der Waals surface area (Å²) < 4.78 is 1.93. The summed E-state index contributed by atoms with van der Waals surface area (Å²) in [6.07, 6.45) is 2.97. The van der Waals surface area contributed by atoms with E-state index < -0.39 is 0 Å². The lowest BCUT2D eigenvalue weighted by atomic mass is 9.89. The molecule has 3 aliphatic rings. The van der Waals surface area contributed by atoms with E-state index in [1.165, 1.54) is 0 Å². The van der Waals surface area contributed by atoms with Gasteiger partial charge in [0.1, 0.15) is 5.82 Å². The molecular formula is C20H24N6O2. The van der Waals surface area contributed by atoms with Crippen LogP contribution in [0.25, 0.3) is 0 Å². The zero-order valence-corrected chi connectivity index (χ0v) is 15.8. The van der Waals surface area contributed by atoms with Crippen LogP contribution in [0.2, 0.25) is 0 Å². The summed E-state index contributed by atoms with van der Waals surface area (Å²) in [7, 11) is 0. The van der Waals surface area contributed by atoms with Crippen molar-refractivity contribution in [3.8, 4) is 0 Å². The van der Waals surface area contributed by atoms with Crippen LogP contribution >= 0.6 is 0 Å². The van der Waals surface area contributed by atoms with Gasteiger partial charge in [0.2, 0.25) is 5.82 Å². The van der Waals surface area contributed by atoms with Gasteiger partial charge in [-0.1, -0.05) is 18.2 Å².